The highest BCUT2D eigenvalue weighted by molar-refractivity contribution is 5.93. The van der Waals surface area contributed by atoms with Gasteiger partial charge >= 0.3 is 6.09 Å². The van der Waals surface area contributed by atoms with E-state index in [-0.39, 0.29) is 18.9 Å². The molecule has 5 aromatic rings. The van der Waals surface area contributed by atoms with Crippen LogP contribution in [-0.4, -0.2) is 67.9 Å². The van der Waals surface area contributed by atoms with E-state index in [9.17, 15) is 9.59 Å². The summed E-state index contributed by atoms with van der Waals surface area (Å²) in [6.07, 6.45) is 1.16. The average molecular weight is 684 g/mol. The summed E-state index contributed by atoms with van der Waals surface area (Å²) in [5.41, 5.74) is 1.60. The van der Waals surface area contributed by atoms with Crippen molar-refractivity contribution in [2.24, 2.45) is 0 Å². The molecule has 2 heterocycles. The van der Waals surface area contributed by atoms with Gasteiger partial charge in [-0.2, -0.15) is 5.10 Å². The molecule has 0 aliphatic heterocycles. The van der Waals surface area contributed by atoms with Crippen LogP contribution in [0.15, 0.2) is 72.9 Å². The van der Waals surface area contributed by atoms with Crippen molar-refractivity contribution in [1.29, 1.82) is 0 Å². The number of anilines is 2. The van der Waals surface area contributed by atoms with Gasteiger partial charge in [-0.1, -0.05) is 18.2 Å². The molecule has 0 saturated carbocycles. The smallest absolute Gasteiger partial charge is 0.415 e. The Labute approximate surface area is 290 Å². The van der Waals surface area contributed by atoms with Gasteiger partial charge in [0.25, 0.3) is 0 Å². The van der Waals surface area contributed by atoms with Gasteiger partial charge in [0, 0.05) is 30.8 Å². The SMILES string of the molecule is COc1ccc(Cn2nc(N(C)C(=O)OC(C)(C)C)cc2NC(=O)Cc2ccc(Oc3ccnc4cc(OC)c(OC)cc34)cc2)cc1OC. The normalized spacial score (nSPS) is 11.1. The van der Waals surface area contributed by atoms with Crippen LogP contribution in [0.5, 0.6) is 34.5 Å². The number of ether oxygens (including phenoxy) is 6. The number of nitrogens with one attached hydrogen (secondary N) is 1. The highest BCUT2D eigenvalue weighted by Gasteiger charge is 2.24. The minimum Gasteiger partial charge on any atom is -0.493 e. The number of methoxy groups -OCH3 is 4. The molecule has 262 valence electrons. The van der Waals surface area contributed by atoms with Gasteiger partial charge in [-0.3, -0.25) is 14.7 Å². The fourth-order valence-electron chi connectivity index (χ4n) is 5.08. The number of pyridine rings is 1. The second kappa shape index (κ2) is 15.1. The maximum atomic E-state index is 13.4. The first-order valence-electron chi connectivity index (χ1n) is 15.7. The number of hydrogen-bond donors (Lipinski definition) is 1. The van der Waals surface area contributed by atoms with E-state index in [1.165, 1.54) is 4.90 Å². The molecule has 2 aromatic heterocycles. The maximum absolute atomic E-state index is 13.4. The lowest BCUT2D eigenvalue weighted by Gasteiger charge is -2.23. The minimum absolute atomic E-state index is 0.0776. The first-order valence-corrected chi connectivity index (χ1v) is 15.7. The van der Waals surface area contributed by atoms with E-state index in [1.807, 2.05) is 30.3 Å². The fraction of sp³-hybridized carbons (Fsp3) is 0.297. The summed E-state index contributed by atoms with van der Waals surface area (Å²) in [6, 6.07) is 19.8. The molecule has 5 rings (SSSR count). The molecule has 0 bridgehead atoms. The molecule has 13 nitrogen and oxygen atoms in total. The van der Waals surface area contributed by atoms with Crippen molar-refractivity contribution in [3.63, 3.8) is 0 Å². The van der Waals surface area contributed by atoms with Crippen molar-refractivity contribution in [2.75, 3.05) is 45.7 Å². The second-order valence-electron chi connectivity index (χ2n) is 12.3. The van der Waals surface area contributed by atoms with Crippen molar-refractivity contribution in [1.82, 2.24) is 14.8 Å². The van der Waals surface area contributed by atoms with Gasteiger partial charge in [-0.15, -0.1) is 0 Å². The predicted molar refractivity (Wildman–Crippen MR) is 189 cm³/mol. The molecule has 1 N–H and O–H groups in total. The number of carbonyl (C=O) groups excluding carboxylic acids is 2. The Hall–Kier alpha value is -5.98. The van der Waals surface area contributed by atoms with Crippen LogP contribution in [0.2, 0.25) is 0 Å². The Kier molecular flexibility index (Phi) is 10.6. The average Bonchev–Trinajstić information content (AvgIpc) is 3.48. The number of aromatic nitrogens is 3. The lowest BCUT2D eigenvalue weighted by atomic mass is 10.1. The zero-order valence-electron chi connectivity index (χ0n) is 29.4. The number of rotatable bonds is 12. The number of amides is 2. The zero-order valence-corrected chi connectivity index (χ0v) is 29.4. The van der Waals surface area contributed by atoms with E-state index >= 15 is 0 Å². The molecule has 0 saturated heterocycles. The second-order valence-corrected chi connectivity index (χ2v) is 12.3. The molecule has 3 aromatic carbocycles. The summed E-state index contributed by atoms with van der Waals surface area (Å²) >= 11 is 0. The van der Waals surface area contributed by atoms with Gasteiger partial charge < -0.3 is 33.7 Å². The van der Waals surface area contributed by atoms with Crippen LogP contribution in [-0.2, 0) is 22.5 Å². The molecule has 0 fully saturated rings. The molecule has 0 unspecified atom stereocenters. The fourth-order valence-corrected chi connectivity index (χ4v) is 5.08. The van der Waals surface area contributed by atoms with Crippen LogP contribution in [0.1, 0.15) is 31.9 Å². The van der Waals surface area contributed by atoms with Crippen LogP contribution >= 0.6 is 0 Å². The van der Waals surface area contributed by atoms with Crippen LogP contribution in [0.3, 0.4) is 0 Å². The molecular weight excluding hydrogens is 642 g/mol. The molecule has 50 heavy (non-hydrogen) atoms. The summed E-state index contributed by atoms with van der Waals surface area (Å²) < 4.78 is 35.0. The molecule has 0 aliphatic carbocycles. The Balaban J connectivity index is 1.33. The van der Waals surface area contributed by atoms with E-state index in [1.54, 1.807) is 104 Å². The van der Waals surface area contributed by atoms with E-state index < -0.39 is 11.7 Å². The van der Waals surface area contributed by atoms with E-state index in [0.717, 1.165) is 16.5 Å². The maximum Gasteiger partial charge on any atom is 0.415 e. The third-order valence-corrected chi connectivity index (χ3v) is 7.55. The van der Waals surface area contributed by atoms with E-state index in [0.29, 0.717) is 51.6 Å². The third kappa shape index (κ3) is 8.35. The summed E-state index contributed by atoms with van der Waals surface area (Å²) in [5, 5.41) is 8.34. The van der Waals surface area contributed by atoms with Crippen LogP contribution in [0.25, 0.3) is 10.9 Å². The first kappa shape index (κ1) is 35.3. The van der Waals surface area contributed by atoms with Crippen molar-refractivity contribution in [2.45, 2.75) is 39.3 Å². The van der Waals surface area contributed by atoms with Crippen LogP contribution < -0.4 is 33.9 Å². The highest BCUT2D eigenvalue weighted by Crippen LogP contribution is 2.37. The van der Waals surface area contributed by atoms with E-state index in [2.05, 4.69) is 15.4 Å². The Morgan fingerprint density at radius 3 is 2.08 bits per heavy atom. The summed E-state index contributed by atoms with van der Waals surface area (Å²) in [5.74, 6) is 3.87. The molecule has 0 aliphatic rings. The summed E-state index contributed by atoms with van der Waals surface area (Å²) in [7, 11) is 7.83. The van der Waals surface area contributed by atoms with Gasteiger partial charge in [-0.25, -0.2) is 9.48 Å². The summed E-state index contributed by atoms with van der Waals surface area (Å²) in [4.78, 5) is 31.9. The van der Waals surface area contributed by atoms with Gasteiger partial charge in [-0.05, 0) is 68.3 Å². The quantitative estimate of drug-likeness (QED) is 0.149. The van der Waals surface area contributed by atoms with Gasteiger partial charge in [0.15, 0.2) is 28.8 Å². The third-order valence-electron chi connectivity index (χ3n) is 7.55. The lowest BCUT2D eigenvalue weighted by Crippen LogP contribution is -2.34. The van der Waals surface area contributed by atoms with Crippen LogP contribution in [0, 0.1) is 0 Å². The van der Waals surface area contributed by atoms with Gasteiger partial charge in [0.05, 0.1) is 46.9 Å². The number of benzene rings is 3. The monoisotopic (exact) mass is 683 g/mol. The van der Waals surface area contributed by atoms with E-state index in [4.69, 9.17) is 28.4 Å². The van der Waals surface area contributed by atoms with Crippen molar-refractivity contribution in [3.05, 3.63) is 84.1 Å². The van der Waals surface area contributed by atoms with Crippen molar-refractivity contribution >= 4 is 34.5 Å². The molecule has 0 spiro atoms. The first-order chi connectivity index (χ1) is 23.9. The molecule has 0 radical (unpaired) electrons. The highest BCUT2D eigenvalue weighted by atomic mass is 16.6. The topological polar surface area (TPSA) is 136 Å². The Morgan fingerprint density at radius 2 is 1.42 bits per heavy atom. The van der Waals surface area contributed by atoms with Crippen molar-refractivity contribution < 1.29 is 38.0 Å². The number of fused-ring (bicyclic) bond motifs is 1. The summed E-state index contributed by atoms with van der Waals surface area (Å²) in [6.45, 7) is 5.63. The van der Waals surface area contributed by atoms with Gasteiger partial charge in [0.1, 0.15) is 22.9 Å². The zero-order chi connectivity index (χ0) is 36.0. The largest absolute Gasteiger partial charge is 0.493 e. The number of carbonyl (C=O) groups is 2. The molecule has 2 amide bonds. The molecule has 0 atom stereocenters. The standard InChI is InChI=1S/C37H41N5O8/c1-37(2,3)50-36(44)41(4)34-21-33(42(40-34)22-24-11-14-29(45-5)30(17-24)46-6)39-35(43)18-23-9-12-25(13-10-23)49-28-15-16-38-27-20-32(48-8)31(47-7)19-26(27)28/h9-17,19-21H,18,22H2,1-8H3,(H,39,43). The Morgan fingerprint density at radius 1 is 0.780 bits per heavy atom. The lowest BCUT2D eigenvalue weighted by molar-refractivity contribution is -0.115. The van der Waals surface area contributed by atoms with Crippen LogP contribution in [0.4, 0.5) is 16.4 Å². The Bertz CT molecular complexity index is 1990. The number of hydrogen-bond acceptors (Lipinski definition) is 10. The molecular formula is C37H41N5O8. The predicted octanol–water partition coefficient (Wildman–Crippen LogP) is 6.86. The van der Waals surface area contributed by atoms with Gasteiger partial charge in [0.2, 0.25) is 5.91 Å². The minimum atomic E-state index is -0.695. The van der Waals surface area contributed by atoms with Crippen molar-refractivity contribution in [3.8, 4) is 34.5 Å². The number of nitrogens with zero attached hydrogens (tertiary/aromatic N) is 4. The molecule has 13 heteroatoms.